The number of amides is 1. The van der Waals surface area contributed by atoms with Gasteiger partial charge in [0.1, 0.15) is 5.75 Å². The SMILES string of the molecule is C[C@@H]1CN(C(=O)C(c2ccc(OC(F)(F)F)cc2)C2(O)CCCCC2)C[C@H](C)N1. The van der Waals surface area contributed by atoms with Crippen LogP contribution in [0.4, 0.5) is 13.2 Å². The van der Waals surface area contributed by atoms with Gasteiger partial charge in [-0.2, -0.15) is 0 Å². The largest absolute Gasteiger partial charge is 0.573 e. The lowest BCUT2D eigenvalue weighted by Crippen LogP contribution is -2.58. The number of rotatable bonds is 4. The first-order chi connectivity index (χ1) is 13.6. The van der Waals surface area contributed by atoms with Gasteiger partial charge < -0.3 is 20.1 Å². The summed E-state index contributed by atoms with van der Waals surface area (Å²) in [5, 5.41) is 14.8. The molecule has 1 saturated carbocycles. The van der Waals surface area contributed by atoms with Crippen molar-refractivity contribution in [3.63, 3.8) is 0 Å². The minimum atomic E-state index is -4.77. The van der Waals surface area contributed by atoms with E-state index in [1.54, 1.807) is 4.90 Å². The Hall–Kier alpha value is -1.80. The predicted molar refractivity (Wildman–Crippen MR) is 103 cm³/mol. The highest BCUT2D eigenvalue weighted by Crippen LogP contribution is 2.42. The van der Waals surface area contributed by atoms with E-state index in [1.807, 2.05) is 13.8 Å². The summed E-state index contributed by atoms with van der Waals surface area (Å²) in [6, 6.07) is 5.60. The molecule has 1 saturated heterocycles. The Bertz CT molecular complexity index is 692. The van der Waals surface area contributed by atoms with Crippen LogP contribution in [0.25, 0.3) is 0 Å². The monoisotopic (exact) mass is 414 g/mol. The Morgan fingerprint density at radius 2 is 1.69 bits per heavy atom. The zero-order chi connectivity index (χ0) is 21.2. The van der Waals surface area contributed by atoms with Crippen LogP contribution in [0.1, 0.15) is 57.4 Å². The van der Waals surface area contributed by atoms with Crippen LogP contribution in [-0.4, -0.2) is 53.1 Å². The Morgan fingerprint density at radius 3 is 2.21 bits per heavy atom. The van der Waals surface area contributed by atoms with Crippen LogP contribution in [0.2, 0.25) is 0 Å². The molecular formula is C21H29F3N2O3. The molecule has 1 aliphatic heterocycles. The second-order valence-corrected chi connectivity index (χ2v) is 8.43. The third-order valence-corrected chi connectivity index (χ3v) is 5.82. The van der Waals surface area contributed by atoms with Crippen molar-refractivity contribution in [1.29, 1.82) is 0 Å². The van der Waals surface area contributed by atoms with E-state index >= 15 is 0 Å². The topological polar surface area (TPSA) is 61.8 Å². The van der Waals surface area contributed by atoms with Crippen LogP contribution in [-0.2, 0) is 4.79 Å². The van der Waals surface area contributed by atoms with Crippen LogP contribution < -0.4 is 10.1 Å². The number of carbonyl (C=O) groups is 1. The fraction of sp³-hybridized carbons (Fsp3) is 0.667. The Kier molecular flexibility index (Phi) is 6.43. The minimum absolute atomic E-state index is 0.131. The van der Waals surface area contributed by atoms with Gasteiger partial charge in [0.25, 0.3) is 0 Å². The van der Waals surface area contributed by atoms with Gasteiger partial charge in [0.15, 0.2) is 0 Å². The number of carbonyl (C=O) groups excluding carboxylic acids is 1. The van der Waals surface area contributed by atoms with Crippen LogP contribution in [0.3, 0.4) is 0 Å². The third kappa shape index (κ3) is 5.42. The summed E-state index contributed by atoms with van der Waals surface area (Å²) in [5.74, 6) is -1.31. The zero-order valence-corrected chi connectivity index (χ0v) is 16.8. The van der Waals surface area contributed by atoms with E-state index in [0.717, 1.165) is 19.3 Å². The normalized spacial score (nSPS) is 26.1. The van der Waals surface area contributed by atoms with E-state index in [9.17, 15) is 23.1 Å². The van der Waals surface area contributed by atoms with Gasteiger partial charge in [-0.15, -0.1) is 13.2 Å². The molecule has 0 radical (unpaired) electrons. The number of benzene rings is 1. The van der Waals surface area contributed by atoms with Gasteiger partial charge in [-0.05, 0) is 44.4 Å². The van der Waals surface area contributed by atoms with E-state index in [0.29, 0.717) is 31.5 Å². The van der Waals surface area contributed by atoms with Crippen molar-refractivity contribution >= 4 is 5.91 Å². The van der Waals surface area contributed by atoms with Gasteiger partial charge in [-0.3, -0.25) is 4.79 Å². The lowest BCUT2D eigenvalue weighted by molar-refractivity contribution is -0.274. The van der Waals surface area contributed by atoms with Crippen molar-refractivity contribution in [2.45, 2.75) is 75.9 Å². The van der Waals surface area contributed by atoms with Gasteiger partial charge in [0.05, 0.1) is 11.5 Å². The molecule has 29 heavy (non-hydrogen) atoms. The smallest absolute Gasteiger partial charge is 0.406 e. The molecule has 0 bridgehead atoms. The number of nitrogens with zero attached hydrogens (tertiary/aromatic N) is 1. The van der Waals surface area contributed by atoms with E-state index in [1.165, 1.54) is 24.3 Å². The van der Waals surface area contributed by atoms with Gasteiger partial charge >= 0.3 is 6.36 Å². The average Bonchev–Trinajstić information content (AvgIpc) is 2.61. The van der Waals surface area contributed by atoms with E-state index < -0.39 is 17.9 Å². The third-order valence-electron chi connectivity index (χ3n) is 5.82. The van der Waals surface area contributed by atoms with E-state index in [4.69, 9.17) is 0 Å². The molecule has 1 amide bonds. The number of alkyl halides is 3. The van der Waals surface area contributed by atoms with Crippen LogP contribution >= 0.6 is 0 Å². The molecule has 3 rings (SSSR count). The second-order valence-electron chi connectivity index (χ2n) is 8.43. The fourth-order valence-corrected chi connectivity index (χ4v) is 4.69. The first-order valence-electron chi connectivity index (χ1n) is 10.2. The number of halogens is 3. The summed E-state index contributed by atoms with van der Waals surface area (Å²) < 4.78 is 41.3. The van der Waals surface area contributed by atoms with Gasteiger partial charge in [-0.25, -0.2) is 0 Å². The molecule has 1 unspecified atom stereocenters. The highest BCUT2D eigenvalue weighted by Gasteiger charge is 2.45. The van der Waals surface area contributed by atoms with Crippen LogP contribution in [0, 0.1) is 0 Å². The van der Waals surface area contributed by atoms with Crippen LogP contribution in [0.5, 0.6) is 5.75 Å². The highest BCUT2D eigenvalue weighted by molar-refractivity contribution is 5.85. The zero-order valence-electron chi connectivity index (χ0n) is 16.8. The Labute approximate surface area is 169 Å². The fourth-order valence-electron chi connectivity index (χ4n) is 4.69. The first-order valence-corrected chi connectivity index (χ1v) is 10.2. The maximum Gasteiger partial charge on any atom is 0.573 e. The van der Waals surface area contributed by atoms with Crippen molar-refractivity contribution in [1.82, 2.24) is 10.2 Å². The molecule has 2 N–H and O–H groups in total. The average molecular weight is 414 g/mol. The number of piperazine rings is 1. The molecule has 1 aromatic carbocycles. The molecule has 2 fully saturated rings. The molecule has 162 valence electrons. The molecule has 8 heteroatoms. The maximum atomic E-state index is 13.5. The van der Waals surface area contributed by atoms with Crippen molar-refractivity contribution < 1.29 is 27.8 Å². The standard InChI is InChI=1S/C21H29F3N2O3/c1-14-12-26(13-15(2)25-14)19(27)18(20(28)10-4-3-5-11-20)16-6-8-17(9-7-16)29-21(22,23)24/h6-9,14-15,18,25,28H,3-5,10-13H2,1-2H3/t14-,15+,18?. The molecule has 0 spiro atoms. The summed E-state index contributed by atoms with van der Waals surface area (Å²) >= 11 is 0. The molecule has 1 heterocycles. The highest BCUT2D eigenvalue weighted by atomic mass is 19.4. The number of nitrogens with one attached hydrogen (secondary N) is 1. The maximum absolute atomic E-state index is 13.5. The number of hydrogen-bond donors (Lipinski definition) is 2. The van der Waals surface area contributed by atoms with Gasteiger partial charge in [0, 0.05) is 25.2 Å². The van der Waals surface area contributed by atoms with Crippen molar-refractivity contribution in [3.8, 4) is 5.75 Å². The summed E-state index contributed by atoms with van der Waals surface area (Å²) in [7, 11) is 0. The summed E-state index contributed by atoms with van der Waals surface area (Å²) in [4.78, 5) is 15.3. The number of aliphatic hydroxyl groups is 1. The Morgan fingerprint density at radius 1 is 1.14 bits per heavy atom. The summed E-state index contributed by atoms with van der Waals surface area (Å²) in [6.07, 6.45) is -1.12. The predicted octanol–water partition coefficient (Wildman–Crippen LogP) is 3.57. The van der Waals surface area contributed by atoms with E-state index in [2.05, 4.69) is 10.1 Å². The molecule has 1 aliphatic carbocycles. The molecule has 0 aromatic heterocycles. The summed E-state index contributed by atoms with van der Waals surface area (Å²) in [6.45, 7) is 5.07. The van der Waals surface area contributed by atoms with E-state index in [-0.39, 0.29) is 23.7 Å². The van der Waals surface area contributed by atoms with Crippen LogP contribution in [0.15, 0.2) is 24.3 Å². The minimum Gasteiger partial charge on any atom is -0.406 e. The van der Waals surface area contributed by atoms with Gasteiger partial charge in [-0.1, -0.05) is 31.4 Å². The number of ether oxygens (including phenoxy) is 1. The first kappa shape index (κ1) is 21.9. The van der Waals surface area contributed by atoms with Crippen molar-refractivity contribution in [2.75, 3.05) is 13.1 Å². The quantitative estimate of drug-likeness (QED) is 0.791. The summed E-state index contributed by atoms with van der Waals surface area (Å²) in [5.41, 5.74) is -0.674. The molecule has 5 nitrogen and oxygen atoms in total. The lowest BCUT2D eigenvalue weighted by Gasteiger charge is -2.43. The van der Waals surface area contributed by atoms with Crippen molar-refractivity contribution in [3.05, 3.63) is 29.8 Å². The molecular weight excluding hydrogens is 385 g/mol. The second kappa shape index (κ2) is 8.52. The van der Waals surface area contributed by atoms with Crippen molar-refractivity contribution in [2.24, 2.45) is 0 Å². The van der Waals surface area contributed by atoms with Gasteiger partial charge in [0.2, 0.25) is 5.91 Å². The molecule has 3 atom stereocenters. The Balaban J connectivity index is 1.90. The lowest BCUT2D eigenvalue weighted by atomic mass is 9.72. The number of hydrogen-bond acceptors (Lipinski definition) is 4. The molecule has 1 aromatic rings. The molecule has 2 aliphatic rings.